The lowest BCUT2D eigenvalue weighted by atomic mass is 10.0. The van der Waals surface area contributed by atoms with E-state index in [1.807, 2.05) is 6.92 Å². The van der Waals surface area contributed by atoms with E-state index in [1.54, 1.807) is 6.07 Å². The van der Waals surface area contributed by atoms with Gasteiger partial charge in [-0.2, -0.15) is 0 Å². The highest BCUT2D eigenvalue weighted by Gasteiger charge is 2.17. The first-order valence-corrected chi connectivity index (χ1v) is 5.23. The molecule has 0 aromatic heterocycles. The summed E-state index contributed by atoms with van der Waals surface area (Å²) in [6.07, 6.45) is 0.472. The molecule has 0 radical (unpaired) electrons. The Hall–Kier alpha value is -1.75. The zero-order valence-corrected chi connectivity index (χ0v) is 10.2. The van der Waals surface area contributed by atoms with Gasteiger partial charge < -0.3 is 20.3 Å². The molecule has 0 aliphatic rings. The Kier molecular flexibility index (Phi) is 4.34. The second kappa shape index (κ2) is 5.54. The maximum atomic E-state index is 11.5. The van der Waals surface area contributed by atoms with E-state index in [2.05, 4.69) is 4.74 Å². The van der Waals surface area contributed by atoms with Crippen LogP contribution in [0.3, 0.4) is 0 Å². The lowest BCUT2D eigenvalue weighted by molar-refractivity contribution is 0.0597. The summed E-state index contributed by atoms with van der Waals surface area (Å²) >= 11 is 0. The molecule has 5 heteroatoms. The van der Waals surface area contributed by atoms with Crippen LogP contribution in [-0.2, 0) is 11.2 Å². The van der Waals surface area contributed by atoms with Crippen LogP contribution in [0.15, 0.2) is 12.1 Å². The van der Waals surface area contributed by atoms with Gasteiger partial charge in [0.05, 0.1) is 14.2 Å². The Bertz CT molecular complexity index is 415. The highest BCUT2D eigenvalue weighted by atomic mass is 16.5. The number of phenols is 1. The van der Waals surface area contributed by atoms with Gasteiger partial charge >= 0.3 is 5.97 Å². The summed E-state index contributed by atoms with van der Waals surface area (Å²) in [5.41, 5.74) is 6.54. The van der Waals surface area contributed by atoms with Crippen LogP contribution in [0.25, 0.3) is 0 Å². The maximum Gasteiger partial charge on any atom is 0.341 e. The molecule has 0 amide bonds. The van der Waals surface area contributed by atoms with E-state index in [1.165, 1.54) is 20.3 Å². The normalized spacial score (nSPS) is 12.0. The number of methoxy groups -OCH3 is 2. The number of carbonyl (C=O) groups is 1. The lowest BCUT2D eigenvalue weighted by Gasteiger charge is -2.12. The molecule has 0 saturated carbocycles. The number of benzene rings is 1. The van der Waals surface area contributed by atoms with E-state index in [0.717, 1.165) is 0 Å². The van der Waals surface area contributed by atoms with Crippen molar-refractivity contribution in [2.24, 2.45) is 5.73 Å². The second-order valence-electron chi connectivity index (χ2n) is 3.85. The van der Waals surface area contributed by atoms with Gasteiger partial charge in [0.1, 0.15) is 17.1 Å². The van der Waals surface area contributed by atoms with Crippen LogP contribution >= 0.6 is 0 Å². The standard InChI is InChI=1S/C12H17NO4/c1-7(13)4-8-5-9(12(15)17-3)11(16-2)6-10(8)14/h5-7,14H,4,13H2,1-3H3. The summed E-state index contributed by atoms with van der Waals surface area (Å²) in [5.74, 6) is -0.164. The van der Waals surface area contributed by atoms with E-state index in [9.17, 15) is 9.90 Å². The van der Waals surface area contributed by atoms with Gasteiger partial charge in [0.15, 0.2) is 0 Å². The molecule has 1 aromatic rings. The SMILES string of the molecule is COC(=O)c1cc(CC(C)N)c(O)cc1OC. The van der Waals surface area contributed by atoms with Crippen LogP contribution in [0.4, 0.5) is 0 Å². The molecule has 5 nitrogen and oxygen atoms in total. The molecular formula is C12H17NO4. The Morgan fingerprint density at radius 2 is 2.12 bits per heavy atom. The van der Waals surface area contributed by atoms with E-state index in [4.69, 9.17) is 10.5 Å². The highest BCUT2D eigenvalue weighted by Crippen LogP contribution is 2.29. The number of hydrogen-bond acceptors (Lipinski definition) is 5. The largest absolute Gasteiger partial charge is 0.508 e. The number of aromatic hydroxyl groups is 1. The van der Waals surface area contributed by atoms with E-state index < -0.39 is 5.97 Å². The van der Waals surface area contributed by atoms with Gasteiger partial charge in [0.2, 0.25) is 0 Å². The molecule has 17 heavy (non-hydrogen) atoms. The Morgan fingerprint density at radius 1 is 1.47 bits per heavy atom. The zero-order chi connectivity index (χ0) is 13.0. The predicted molar refractivity (Wildman–Crippen MR) is 63.4 cm³/mol. The van der Waals surface area contributed by atoms with Gasteiger partial charge in [-0.3, -0.25) is 0 Å². The molecule has 1 unspecified atom stereocenters. The Morgan fingerprint density at radius 3 is 2.59 bits per heavy atom. The van der Waals surface area contributed by atoms with Crippen LogP contribution in [0, 0.1) is 0 Å². The summed E-state index contributed by atoms with van der Waals surface area (Å²) in [5, 5.41) is 9.76. The van der Waals surface area contributed by atoms with Crippen LogP contribution < -0.4 is 10.5 Å². The van der Waals surface area contributed by atoms with Gasteiger partial charge in [0.25, 0.3) is 0 Å². The summed E-state index contributed by atoms with van der Waals surface area (Å²) in [4.78, 5) is 11.5. The van der Waals surface area contributed by atoms with Crippen LogP contribution in [0.5, 0.6) is 11.5 Å². The average molecular weight is 239 g/mol. The molecule has 1 rings (SSSR count). The first-order chi connectivity index (χ1) is 7.99. The topological polar surface area (TPSA) is 81.8 Å². The molecule has 0 bridgehead atoms. The third-order valence-corrected chi connectivity index (χ3v) is 2.35. The van der Waals surface area contributed by atoms with E-state index in [0.29, 0.717) is 12.0 Å². The summed E-state index contributed by atoms with van der Waals surface area (Å²) < 4.78 is 9.66. The molecule has 0 aliphatic heterocycles. The van der Waals surface area contributed by atoms with Crippen molar-refractivity contribution >= 4 is 5.97 Å². The highest BCUT2D eigenvalue weighted by molar-refractivity contribution is 5.93. The van der Waals surface area contributed by atoms with Gasteiger partial charge in [-0.05, 0) is 25.0 Å². The fourth-order valence-electron chi connectivity index (χ4n) is 1.56. The molecule has 3 N–H and O–H groups in total. The summed E-state index contributed by atoms with van der Waals surface area (Å²) in [6, 6.07) is 2.83. The fraction of sp³-hybridized carbons (Fsp3) is 0.417. The van der Waals surface area contributed by atoms with Gasteiger partial charge in [-0.25, -0.2) is 4.79 Å². The minimum Gasteiger partial charge on any atom is -0.508 e. The smallest absolute Gasteiger partial charge is 0.341 e. The molecule has 0 heterocycles. The number of rotatable bonds is 4. The van der Waals surface area contributed by atoms with Crippen molar-refractivity contribution < 1.29 is 19.4 Å². The summed E-state index contributed by atoms with van der Waals surface area (Å²) in [6.45, 7) is 1.82. The Labute approximate surface area is 100 Å². The van der Waals surface area contributed by atoms with Crippen molar-refractivity contribution in [1.29, 1.82) is 0 Å². The number of esters is 1. The minimum absolute atomic E-state index is 0.0619. The van der Waals surface area contributed by atoms with Crippen molar-refractivity contribution in [3.05, 3.63) is 23.3 Å². The number of ether oxygens (including phenoxy) is 2. The number of hydrogen-bond donors (Lipinski definition) is 2. The number of carbonyl (C=O) groups excluding carboxylic acids is 1. The molecule has 0 saturated heterocycles. The lowest BCUT2D eigenvalue weighted by Crippen LogP contribution is -2.18. The number of nitrogens with two attached hydrogens (primary N) is 1. The monoisotopic (exact) mass is 239 g/mol. The molecule has 94 valence electrons. The molecule has 0 fully saturated rings. The first kappa shape index (κ1) is 13.3. The van der Waals surface area contributed by atoms with Crippen molar-refractivity contribution in [3.63, 3.8) is 0 Å². The zero-order valence-electron chi connectivity index (χ0n) is 10.2. The maximum absolute atomic E-state index is 11.5. The van der Waals surface area contributed by atoms with Crippen molar-refractivity contribution in [2.75, 3.05) is 14.2 Å². The quantitative estimate of drug-likeness (QED) is 0.768. The van der Waals surface area contributed by atoms with Crippen LogP contribution in [0.2, 0.25) is 0 Å². The van der Waals surface area contributed by atoms with E-state index >= 15 is 0 Å². The van der Waals surface area contributed by atoms with Gasteiger partial charge in [-0.1, -0.05) is 0 Å². The minimum atomic E-state index is -0.507. The van der Waals surface area contributed by atoms with Crippen molar-refractivity contribution in [3.8, 4) is 11.5 Å². The average Bonchev–Trinajstić information content (AvgIpc) is 2.29. The van der Waals surface area contributed by atoms with Crippen LogP contribution in [-0.4, -0.2) is 31.3 Å². The van der Waals surface area contributed by atoms with Crippen molar-refractivity contribution in [1.82, 2.24) is 0 Å². The molecule has 1 aromatic carbocycles. The van der Waals surface area contributed by atoms with Gasteiger partial charge in [-0.15, -0.1) is 0 Å². The molecule has 1 atom stereocenters. The molecular weight excluding hydrogens is 222 g/mol. The van der Waals surface area contributed by atoms with Crippen molar-refractivity contribution in [2.45, 2.75) is 19.4 Å². The first-order valence-electron chi connectivity index (χ1n) is 5.23. The third kappa shape index (κ3) is 3.10. The third-order valence-electron chi connectivity index (χ3n) is 2.35. The van der Waals surface area contributed by atoms with E-state index in [-0.39, 0.29) is 23.1 Å². The fourth-order valence-corrected chi connectivity index (χ4v) is 1.56. The number of phenolic OH excluding ortho intramolecular Hbond substituents is 1. The second-order valence-corrected chi connectivity index (χ2v) is 3.85. The van der Waals surface area contributed by atoms with Gasteiger partial charge in [0, 0.05) is 12.1 Å². The molecule has 0 aliphatic carbocycles. The summed E-state index contributed by atoms with van der Waals surface area (Å²) in [7, 11) is 2.71. The Balaban J connectivity index is 3.22. The van der Waals surface area contributed by atoms with Crippen LogP contribution in [0.1, 0.15) is 22.8 Å². The molecule has 0 spiro atoms. The predicted octanol–water partition coefficient (Wildman–Crippen LogP) is 1.08.